The molecule has 0 bridgehead atoms. The van der Waals surface area contributed by atoms with Gasteiger partial charge in [-0.2, -0.15) is 0 Å². The van der Waals surface area contributed by atoms with E-state index in [9.17, 15) is 14.4 Å². The van der Waals surface area contributed by atoms with E-state index in [1.807, 2.05) is 43.4 Å². The molecule has 0 aliphatic rings. The number of esters is 3. The molecule has 1 aromatic carbocycles. The first-order chi connectivity index (χ1) is 38.0. The first-order valence-electron chi connectivity index (χ1n) is 28.4. The maximum Gasteiger partial charge on any atom is 0.311 e. The Morgan fingerprint density at radius 3 is 0.623 bits per heavy atom. The highest BCUT2D eigenvalue weighted by atomic mass is 16.6. The minimum atomic E-state index is -0.454. The first-order valence-corrected chi connectivity index (χ1v) is 28.4. The fourth-order valence-corrected chi connectivity index (χ4v) is 6.67. The lowest BCUT2D eigenvalue weighted by Crippen LogP contribution is -2.11. The van der Waals surface area contributed by atoms with Crippen molar-refractivity contribution in [2.75, 3.05) is 0 Å². The highest BCUT2D eigenvalue weighted by molar-refractivity contribution is 5.76. The molecule has 0 unspecified atom stereocenters. The van der Waals surface area contributed by atoms with E-state index in [1.54, 1.807) is 0 Å². The summed E-state index contributed by atoms with van der Waals surface area (Å²) in [7, 11) is 0. The summed E-state index contributed by atoms with van der Waals surface area (Å²) in [5.74, 6) is -0.973. The summed E-state index contributed by atoms with van der Waals surface area (Å²) in [6.07, 6.45) is 94.6. The summed E-state index contributed by atoms with van der Waals surface area (Å²) in [4.78, 5) is 38.7. The highest BCUT2D eigenvalue weighted by Crippen LogP contribution is 2.29. The van der Waals surface area contributed by atoms with Crippen LogP contribution in [0.2, 0.25) is 0 Å². The molecule has 6 heteroatoms. The zero-order valence-electron chi connectivity index (χ0n) is 47.2. The standard InChI is InChI=1S/C71H94O6/c1-4-7-10-13-16-19-22-25-28-31-34-37-40-43-46-49-52-55-58-61-70(73)76-67-63-66(75-69(72)60-57-54-51-48-45-42-39-36-33-30-27-24-21-18-15-12-9-6-3)64-68(65-67)77-71(74)62-59-56-53-50-47-44-41-38-35-32-29-26-23-20-17-14-11-8-5-2/h6-11,15-20,24-29,33-38,42-47,51-56,63-65H,4-5,12-14,21-23,30-32,39-41,48-50,57-62H2,1-3H3/b9-6-,10-7-,11-8-,18-15-,19-16-,20-17-,27-24-,28-25-,29-26-,36-33-,37-34-,38-35-,45-42-,46-43-,47-44-,54-51-,55-52-,56-53-. The Labute approximate surface area is 467 Å². The molecule has 1 aromatic rings. The molecule has 0 saturated carbocycles. The van der Waals surface area contributed by atoms with E-state index in [0.29, 0.717) is 19.3 Å². The molecule has 0 heterocycles. The van der Waals surface area contributed by atoms with Crippen LogP contribution in [-0.2, 0) is 14.4 Å². The Hall–Kier alpha value is -7.05. The third-order valence-electron chi connectivity index (χ3n) is 10.7. The number of carbonyl (C=O) groups is 3. The molecule has 0 N–H and O–H groups in total. The minimum Gasteiger partial charge on any atom is -0.426 e. The molecule has 1 rings (SSSR count). The van der Waals surface area contributed by atoms with E-state index in [4.69, 9.17) is 14.2 Å². The molecule has 0 atom stereocenters. The summed E-state index contributed by atoms with van der Waals surface area (Å²) >= 11 is 0. The zero-order valence-corrected chi connectivity index (χ0v) is 47.2. The van der Waals surface area contributed by atoms with Crippen molar-refractivity contribution in [2.24, 2.45) is 0 Å². The van der Waals surface area contributed by atoms with Crippen molar-refractivity contribution in [2.45, 2.75) is 168 Å². The van der Waals surface area contributed by atoms with Crippen LogP contribution in [0.3, 0.4) is 0 Å². The van der Waals surface area contributed by atoms with Gasteiger partial charge in [0.25, 0.3) is 0 Å². The maximum absolute atomic E-state index is 12.9. The van der Waals surface area contributed by atoms with E-state index in [2.05, 4.69) is 196 Å². The summed E-state index contributed by atoms with van der Waals surface area (Å²) in [5, 5.41) is 0. The van der Waals surface area contributed by atoms with Gasteiger partial charge in [-0.1, -0.05) is 233 Å². The summed E-state index contributed by atoms with van der Waals surface area (Å²) in [6.45, 7) is 6.32. The van der Waals surface area contributed by atoms with Crippen LogP contribution in [-0.4, -0.2) is 17.9 Å². The lowest BCUT2D eigenvalue weighted by Gasteiger charge is -2.11. The van der Waals surface area contributed by atoms with Gasteiger partial charge in [0.15, 0.2) is 0 Å². The van der Waals surface area contributed by atoms with E-state index >= 15 is 0 Å². The van der Waals surface area contributed by atoms with Crippen molar-refractivity contribution in [3.8, 4) is 17.2 Å². The smallest absolute Gasteiger partial charge is 0.311 e. The van der Waals surface area contributed by atoms with Crippen LogP contribution in [0.25, 0.3) is 0 Å². The van der Waals surface area contributed by atoms with Gasteiger partial charge in [0.05, 0.1) is 0 Å². The Morgan fingerprint density at radius 2 is 0.442 bits per heavy atom. The van der Waals surface area contributed by atoms with Crippen LogP contribution in [0, 0.1) is 0 Å². The Balaban J connectivity index is 2.66. The number of ether oxygens (including phenoxy) is 3. The first kappa shape index (κ1) is 68.0. The van der Waals surface area contributed by atoms with Crippen LogP contribution < -0.4 is 14.2 Å². The molecule has 0 saturated heterocycles. The van der Waals surface area contributed by atoms with Gasteiger partial charge in [-0.25, -0.2) is 0 Å². The Kier molecular flexibility index (Phi) is 48.7. The van der Waals surface area contributed by atoms with Gasteiger partial charge in [0.2, 0.25) is 0 Å². The lowest BCUT2D eigenvalue weighted by molar-refractivity contribution is -0.134. The second kappa shape index (κ2) is 55.2. The van der Waals surface area contributed by atoms with Crippen molar-refractivity contribution in [3.05, 3.63) is 237 Å². The number of carbonyl (C=O) groups excluding carboxylic acids is 3. The fraction of sp³-hybridized carbons (Fsp3) is 0.366. The number of hydrogen-bond donors (Lipinski definition) is 0. The summed E-state index contributed by atoms with van der Waals surface area (Å²) < 4.78 is 17.0. The van der Waals surface area contributed by atoms with Crippen molar-refractivity contribution >= 4 is 17.9 Å². The van der Waals surface area contributed by atoms with Gasteiger partial charge in [0, 0.05) is 37.5 Å². The third kappa shape index (κ3) is 49.6. The van der Waals surface area contributed by atoms with Gasteiger partial charge >= 0.3 is 17.9 Å². The molecule has 0 fully saturated rings. The summed E-state index contributed by atoms with van der Waals surface area (Å²) in [5.41, 5.74) is 0. The van der Waals surface area contributed by atoms with E-state index in [1.165, 1.54) is 18.2 Å². The molecule has 0 amide bonds. The highest BCUT2D eigenvalue weighted by Gasteiger charge is 2.13. The van der Waals surface area contributed by atoms with Crippen LogP contribution in [0.4, 0.5) is 0 Å². The second-order valence-electron chi connectivity index (χ2n) is 17.6. The van der Waals surface area contributed by atoms with Gasteiger partial charge < -0.3 is 14.2 Å². The average Bonchev–Trinajstić information content (AvgIpc) is 3.41. The van der Waals surface area contributed by atoms with E-state index in [-0.39, 0.29) is 36.5 Å². The molecule has 414 valence electrons. The Bertz CT molecular complexity index is 2140. The summed E-state index contributed by atoms with van der Waals surface area (Å²) in [6, 6.07) is 4.41. The second-order valence-corrected chi connectivity index (χ2v) is 17.6. The molecule has 0 radical (unpaired) electrons. The largest absolute Gasteiger partial charge is 0.426 e. The number of benzene rings is 1. The van der Waals surface area contributed by atoms with Crippen molar-refractivity contribution in [1.82, 2.24) is 0 Å². The third-order valence-corrected chi connectivity index (χ3v) is 10.7. The molecule has 77 heavy (non-hydrogen) atoms. The maximum atomic E-state index is 12.9. The zero-order chi connectivity index (χ0) is 55.4. The average molecular weight is 1040 g/mol. The minimum absolute atomic E-state index is 0.129. The van der Waals surface area contributed by atoms with Crippen LogP contribution >= 0.6 is 0 Å². The SMILES string of the molecule is C/C=C\C/C=C\C/C=C\C/C=C\C/C=C\C/C=C\CCC(=O)Oc1cc(OC(=O)CC/C=C\C/C=C\C/C=C\C/C=C\C/C=C\C/C=C\CC)cc(OC(=O)CC/C=C\C/C=C\C/C=C\C/C=C\C/C=C\C/C=C\CC)c1. The van der Waals surface area contributed by atoms with Gasteiger partial charge in [-0.05, 0) is 135 Å². The molecular formula is C71H94O6. The number of hydrogen-bond acceptors (Lipinski definition) is 6. The Morgan fingerprint density at radius 1 is 0.273 bits per heavy atom. The molecule has 0 aromatic heterocycles. The molecule has 0 spiro atoms. The van der Waals surface area contributed by atoms with E-state index < -0.39 is 17.9 Å². The van der Waals surface area contributed by atoms with Crippen LogP contribution in [0.15, 0.2) is 237 Å². The normalized spacial score (nSPS) is 13.3. The molecule has 6 nitrogen and oxygen atoms in total. The van der Waals surface area contributed by atoms with Gasteiger partial charge in [-0.3, -0.25) is 14.4 Å². The number of allylic oxidation sites excluding steroid dienone is 36. The molecular weight excluding hydrogens is 949 g/mol. The van der Waals surface area contributed by atoms with Crippen molar-refractivity contribution in [1.29, 1.82) is 0 Å². The number of rotatable bonds is 44. The molecule has 0 aliphatic carbocycles. The monoisotopic (exact) mass is 1040 g/mol. The van der Waals surface area contributed by atoms with Crippen molar-refractivity contribution < 1.29 is 28.6 Å². The predicted molar refractivity (Wildman–Crippen MR) is 331 cm³/mol. The van der Waals surface area contributed by atoms with Crippen LogP contribution in [0.5, 0.6) is 17.2 Å². The van der Waals surface area contributed by atoms with Gasteiger partial charge in [0.1, 0.15) is 17.2 Å². The van der Waals surface area contributed by atoms with Gasteiger partial charge in [-0.15, -0.1) is 0 Å². The molecule has 0 aliphatic heterocycles. The topological polar surface area (TPSA) is 78.9 Å². The predicted octanol–water partition coefficient (Wildman–Crippen LogP) is 20.4. The quantitative estimate of drug-likeness (QED) is 0.0368. The fourth-order valence-electron chi connectivity index (χ4n) is 6.67. The van der Waals surface area contributed by atoms with Crippen LogP contribution in [0.1, 0.15) is 168 Å². The van der Waals surface area contributed by atoms with E-state index in [0.717, 1.165) is 109 Å². The lowest BCUT2D eigenvalue weighted by atomic mass is 10.2. The van der Waals surface area contributed by atoms with Crippen molar-refractivity contribution in [3.63, 3.8) is 0 Å².